The van der Waals surface area contributed by atoms with Crippen LogP contribution in [0, 0.1) is 17.2 Å². The number of hydrogen-bond acceptors (Lipinski definition) is 3. The predicted octanol–water partition coefficient (Wildman–Crippen LogP) is 3.21. The van der Waals surface area contributed by atoms with Gasteiger partial charge in [0, 0.05) is 11.8 Å². The number of benzene rings is 1. The van der Waals surface area contributed by atoms with Gasteiger partial charge in [-0.05, 0) is 24.0 Å². The van der Waals surface area contributed by atoms with Gasteiger partial charge in [0.15, 0.2) is 0 Å². The monoisotopic (exact) mass is 237 g/mol. The fourth-order valence-corrected chi connectivity index (χ4v) is 1.86. The van der Waals surface area contributed by atoms with Gasteiger partial charge in [-0.3, -0.25) is 0 Å². The zero-order chi connectivity index (χ0) is 13.0. The molecule has 0 aliphatic heterocycles. The molecule has 0 fully saturated rings. The van der Waals surface area contributed by atoms with E-state index in [-0.39, 0.29) is 5.82 Å². The minimum absolute atomic E-state index is 0.207. The summed E-state index contributed by atoms with van der Waals surface area (Å²) in [6, 6.07) is 12.1. The lowest BCUT2D eigenvalue weighted by Crippen LogP contribution is -1.94. The largest absolute Gasteiger partial charge is 0.232 e. The Hall–Kier alpha value is -2.21. The molecule has 2 aromatic rings. The molecule has 3 nitrogen and oxygen atoms in total. The Morgan fingerprint density at radius 3 is 2.50 bits per heavy atom. The van der Waals surface area contributed by atoms with Crippen molar-refractivity contribution in [3.63, 3.8) is 0 Å². The molecule has 90 valence electrons. The quantitative estimate of drug-likeness (QED) is 0.823. The van der Waals surface area contributed by atoms with E-state index in [1.807, 2.05) is 24.3 Å². The van der Waals surface area contributed by atoms with Gasteiger partial charge in [0.1, 0.15) is 6.07 Å². The molecule has 0 bridgehead atoms. The van der Waals surface area contributed by atoms with Crippen LogP contribution in [0.1, 0.15) is 25.2 Å². The Balaban J connectivity index is 2.26. The van der Waals surface area contributed by atoms with Crippen molar-refractivity contribution >= 4 is 0 Å². The molecule has 0 saturated carbocycles. The summed E-state index contributed by atoms with van der Waals surface area (Å²) in [6.45, 7) is 4.41. The highest BCUT2D eigenvalue weighted by Crippen LogP contribution is 2.18. The molecular formula is C15H15N3. The van der Waals surface area contributed by atoms with Crippen LogP contribution >= 0.6 is 0 Å². The van der Waals surface area contributed by atoms with Gasteiger partial charge in [-0.25, -0.2) is 9.97 Å². The van der Waals surface area contributed by atoms with Gasteiger partial charge in [-0.1, -0.05) is 38.1 Å². The fraction of sp³-hybridized carbons (Fsp3) is 0.267. The van der Waals surface area contributed by atoms with Crippen LogP contribution in [0.3, 0.4) is 0 Å². The summed E-state index contributed by atoms with van der Waals surface area (Å²) >= 11 is 0. The van der Waals surface area contributed by atoms with Crippen LogP contribution in [0.4, 0.5) is 0 Å². The maximum absolute atomic E-state index is 8.78. The second-order valence-corrected chi connectivity index (χ2v) is 4.67. The maximum atomic E-state index is 8.78. The standard InChI is InChI=1S/C15H15N3/c1-11(2)9-12-3-5-13(6-4-12)14-7-8-17-15(10-16)18-14/h3-8,11H,9H2,1-2H3. The molecule has 0 radical (unpaired) electrons. The minimum Gasteiger partial charge on any atom is -0.227 e. The Labute approximate surface area is 107 Å². The lowest BCUT2D eigenvalue weighted by atomic mass is 10.0. The van der Waals surface area contributed by atoms with Crippen molar-refractivity contribution in [2.24, 2.45) is 5.92 Å². The van der Waals surface area contributed by atoms with Crippen molar-refractivity contribution in [2.75, 3.05) is 0 Å². The summed E-state index contributed by atoms with van der Waals surface area (Å²) in [5, 5.41) is 8.78. The van der Waals surface area contributed by atoms with Gasteiger partial charge in [0.25, 0.3) is 0 Å². The van der Waals surface area contributed by atoms with Crippen molar-refractivity contribution in [1.29, 1.82) is 5.26 Å². The first-order valence-corrected chi connectivity index (χ1v) is 6.01. The van der Waals surface area contributed by atoms with E-state index in [0.29, 0.717) is 5.92 Å². The van der Waals surface area contributed by atoms with E-state index in [9.17, 15) is 0 Å². The number of aromatic nitrogens is 2. The van der Waals surface area contributed by atoms with E-state index in [1.54, 1.807) is 6.20 Å². The lowest BCUT2D eigenvalue weighted by molar-refractivity contribution is 0.647. The summed E-state index contributed by atoms with van der Waals surface area (Å²) in [5.41, 5.74) is 3.13. The molecule has 2 rings (SSSR count). The summed E-state index contributed by atoms with van der Waals surface area (Å²) < 4.78 is 0. The average Bonchev–Trinajstić information content (AvgIpc) is 2.39. The van der Waals surface area contributed by atoms with E-state index in [1.165, 1.54) is 5.56 Å². The normalized spacial score (nSPS) is 10.3. The van der Waals surface area contributed by atoms with Crippen LogP contribution in [-0.2, 0) is 6.42 Å². The average molecular weight is 237 g/mol. The molecule has 0 amide bonds. The predicted molar refractivity (Wildman–Crippen MR) is 70.7 cm³/mol. The van der Waals surface area contributed by atoms with Gasteiger partial charge in [0.2, 0.25) is 5.82 Å². The highest BCUT2D eigenvalue weighted by atomic mass is 14.9. The Kier molecular flexibility index (Phi) is 3.69. The van der Waals surface area contributed by atoms with Gasteiger partial charge < -0.3 is 0 Å². The van der Waals surface area contributed by atoms with Gasteiger partial charge >= 0.3 is 0 Å². The minimum atomic E-state index is 0.207. The molecule has 18 heavy (non-hydrogen) atoms. The first-order chi connectivity index (χ1) is 8.69. The summed E-state index contributed by atoms with van der Waals surface area (Å²) in [7, 11) is 0. The zero-order valence-corrected chi connectivity index (χ0v) is 10.6. The molecule has 0 atom stereocenters. The lowest BCUT2D eigenvalue weighted by Gasteiger charge is -2.06. The molecule has 1 aromatic heterocycles. The first kappa shape index (κ1) is 12.3. The topological polar surface area (TPSA) is 49.6 Å². The van der Waals surface area contributed by atoms with E-state index in [2.05, 4.69) is 35.9 Å². The van der Waals surface area contributed by atoms with Gasteiger partial charge in [0.05, 0.1) is 5.69 Å². The van der Waals surface area contributed by atoms with Crippen molar-refractivity contribution in [3.8, 4) is 17.3 Å². The van der Waals surface area contributed by atoms with Crippen LogP contribution in [0.15, 0.2) is 36.5 Å². The summed E-state index contributed by atoms with van der Waals surface area (Å²) in [6.07, 6.45) is 2.69. The molecule has 1 heterocycles. The van der Waals surface area contributed by atoms with Crippen molar-refractivity contribution in [1.82, 2.24) is 9.97 Å². The highest BCUT2D eigenvalue weighted by molar-refractivity contribution is 5.59. The third-order valence-electron chi connectivity index (χ3n) is 2.65. The van der Waals surface area contributed by atoms with Crippen molar-refractivity contribution in [3.05, 3.63) is 47.9 Å². The van der Waals surface area contributed by atoms with E-state index in [4.69, 9.17) is 5.26 Å². The number of rotatable bonds is 3. The number of nitriles is 1. The maximum Gasteiger partial charge on any atom is 0.232 e. The highest BCUT2D eigenvalue weighted by Gasteiger charge is 2.03. The van der Waals surface area contributed by atoms with Crippen LogP contribution in [0.2, 0.25) is 0 Å². The molecule has 3 heteroatoms. The fourth-order valence-electron chi connectivity index (χ4n) is 1.86. The SMILES string of the molecule is CC(C)Cc1ccc(-c2ccnc(C#N)n2)cc1. The summed E-state index contributed by atoms with van der Waals surface area (Å²) in [5.74, 6) is 0.860. The number of hydrogen-bond donors (Lipinski definition) is 0. The second kappa shape index (κ2) is 5.42. The van der Waals surface area contributed by atoms with Crippen LogP contribution in [-0.4, -0.2) is 9.97 Å². The Bertz CT molecular complexity index is 565. The van der Waals surface area contributed by atoms with E-state index < -0.39 is 0 Å². The molecule has 0 aliphatic carbocycles. The smallest absolute Gasteiger partial charge is 0.227 e. The molecular weight excluding hydrogens is 222 g/mol. The van der Waals surface area contributed by atoms with Crippen molar-refractivity contribution < 1.29 is 0 Å². The van der Waals surface area contributed by atoms with Crippen LogP contribution < -0.4 is 0 Å². The first-order valence-electron chi connectivity index (χ1n) is 6.01. The molecule has 0 aliphatic rings. The molecule has 1 aromatic carbocycles. The molecule has 0 spiro atoms. The molecule has 0 saturated heterocycles. The molecule has 0 N–H and O–H groups in total. The second-order valence-electron chi connectivity index (χ2n) is 4.67. The van der Waals surface area contributed by atoms with Crippen LogP contribution in [0.25, 0.3) is 11.3 Å². The Morgan fingerprint density at radius 1 is 1.17 bits per heavy atom. The van der Waals surface area contributed by atoms with Gasteiger partial charge in [-0.15, -0.1) is 0 Å². The van der Waals surface area contributed by atoms with Crippen LogP contribution in [0.5, 0.6) is 0 Å². The Morgan fingerprint density at radius 2 is 1.89 bits per heavy atom. The zero-order valence-electron chi connectivity index (χ0n) is 10.6. The third kappa shape index (κ3) is 2.92. The van der Waals surface area contributed by atoms with E-state index >= 15 is 0 Å². The van der Waals surface area contributed by atoms with Crippen molar-refractivity contribution in [2.45, 2.75) is 20.3 Å². The molecule has 0 unspecified atom stereocenters. The van der Waals surface area contributed by atoms with Gasteiger partial charge in [-0.2, -0.15) is 5.26 Å². The third-order valence-corrected chi connectivity index (χ3v) is 2.65. The number of nitrogens with zero attached hydrogens (tertiary/aromatic N) is 3. The van der Waals surface area contributed by atoms with E-state index in [0.717, 1.165) is 17.7 Å². The summed E-state index contributed by atoms with van der Waals surface area (Å²) in [4.78, 5) is 8.05.